The Morgan fingerprint density at radius 2 is 1.92 bits per heavy atom. The van der Waals surface area contributed by atoms with Crippen molar-refractivity contribution >= 4 is 27.4 Å². The van der Waals surface area contributed by atoms with Crippen molar-refractivity contribution in [2.24, 2.45) is 0 Å². The first-order valence-electron chi connectivity index (χ1n) is 9.38. The van der Waals surface area contributed by atoms with Crippen molar-refractivity contribution in [2.75, 3.05) is 32.1 Å². The van der Waals surface area contributed by atoms with Crippen LogP contribution in [-0.2, 0) is 11.3 Å². The maximum absolute atomic E-state index is 5.77. The maximum atomic E-state index is 5.77. The number of thiophene rings is 1. The summed E-state index contributed by atoms with van der Waals surface area (Å²) in [4.78, 5) is 14.7. The third kappa shape index (κ3) is 3.27. The van der Waals surface area contributed by atoms with Crippen LogP contribution in [0.25, 0.3) is 10.2 Å². The van der Waals surface area contributed by atoms with E-state index in [1.54, 1.807) is 11.3 Å². The van der Waals surface area contributed by atoms with Crippen LogP contribution in [0.3, 0.4) is 0 Å². The number of nitrogens with zero attached hydrogens (tertiary/aromatic N) is 3. The first kappa shape index (κ1) is 17.2. The van der Waals surface area contributed by atoms with Crippen LogP contribution < -0.4 is 5.32 Å². The molecule has 136 valence electrons. The van der Waals surface area contributed by atoms with Crippen LogP contribution >= 0.6 is 11.3 Å². The number of likely N-dealkylation sites (tertiary alicyclic amines) is 1. The molecule has 0 amide bonds. The van der Waals surface area contributed by atoms with Crippen molar-refractivity contribution < 1.29 is 4.74 Å². The molecule has 6 heteroatoms. The zero-order valence-corrected chi connectivity index (χ0v) is 16.3. The number of hydrogen-bond acceptors (Lipinski definition) is 6. The molecule has 1 saturated carbocycles. The lowest BCUT2D eigenvalue weighted by molar-refractivity contribution is -0.0601. The fourth-order valence-corrected chi connectivity index (χ4v) is 4.95. The summed E-state index contributed by atoms with van der Waals surface area (Å²) in [5.41, 5.74) is 1.29. The quantitative estimate of drug-likeness (QED) is 0.847. The molecule has 1 N–H and O–H groups in total. The van der Waals surface area contributed by atoms with E-state index >= 15 is 0 Å². The summed E-state index contributed by atoms with van der Waals surface area (Å²) in [7, 11) is 1.83. The average Bonchev–Trinajstić information content (AvgIpc) is 3.15. The van der Waals surface area contributed by atoms with Crippen LogP contribution in [0.1, 0.15) is 48.4 Å². The van der Waals surface area contributed by atoms with Gasteiger partial charge in [0, 0.05) is 18.5 Å². The summed E-state index contributed by atoms with van der Waals surface area (Å²) in [6.07, 6.45) is 6.10. The highest BCUT2D eigenvalue weighted by Gasteiger charge is 2.37. The molecule has 1 aliphatic carbocycles. The van der Waals surface area contributed by atoms with Crippen molar-refractivity contribution in [3.05, 3.63) is 16.3 Å². The Labute approximate surface area is 153 Å². The second-order valence-electron chi connectivity index (χ2n) is 7.53. The van der Waals surface area contributed by atoms with Crippen LogP contribution in [0.2, 0.25) is 0 Å². The molecule has 1 aliphatic heterocycles. The van der Waals surface area contributed by atoms with Crippen molar-refractivity contribution in [1.29, 1.82) is 0 Å². The second kappa shape index (κ2) is 6.82. The Bertz CT molecular complexity index is 757. The summed E-state index contributed by atoms with van der Waals surface area (Å²) in [6.45, 7) is 8.37. The van der Waals surface area contributed by atoms with Gasteiger partial charge in [-0.1, -0.05) is 0 Å². The smallest absolute Gasteiger partial charge is 0.146 e. The Morgan fingerprint density at radius 3 is 2.56 bits per heavy atom. The number of methoxy groups -OCH3 is 1. The highest BCUT2D eigenvalue weighted by atomic mass is 32.1. The molecule has 0 atom stereocenters. The standard InChI is InChI=1S/C19H28N4OS/c1-13-14(2)25-18-16(13)17(20-12-19(24-3)7-6-8-19)21-15(22-18)11-23-9-4-5-10-23/h4-12H2,1-3H3,(H,20,21,22). The van der Waals surface area contributed by atoms with Crippen LogP contribution in [0.5, 0.6) is 0 Å². The van der Waals surface area contributed by atoms with Gasteiger partial charge in [-0.2, -0.15) is 0 Å². The molecule has 0 radical (unpaired) electrons. The van der Waals surface area contributed by atoms with Crippen LogP contribution in [0.15, 0.2) is 0 Å². The number of aromatic nitrogens is 2. The Hall–Kier alpha value is -1.24. The summed E-state index contributed by atoms with van der Waals surface area (Å²) in [5, 5.41) is 4.81. The molecule has 25 heavy (non-hydrogen) atoms. The van der Waals surface area contributed by atoms with E-state index in [1.807, 2.05) is 7.11 Å². The zero-order chi connectivity index (χ0) is 17.4. The molecular formula is C19H28N4OS. The molecule has 0 bridgehead atoms. The fourth-order valence-electron chi connectivity index (χ4n) is 3.90. The predicted octanol–water partition coefficient (Wildman–Crippen LogP) is 3.88. The number of ether oxygens (including phenoxy) is 1. The Balaban J connectivity index is 1.64. The minimum Gasteiger partial charge on any atom is -0.376 e. The molecule has 1 saturated heterocycles. The van der Waals surface area contributed by atoms with Crippen molar-refractivity contribution in [3.63, 3.8) is 0 Å². The van der Waals surface area contributed by atoms with E-state index in [2.05, 4.69) is 24.1 Å². The Kier molecular flexibility index (Phi) is 4.69. The number of rotatable bonds is 6. The molecule has 2 aromatic heterocycles. The first-order chi connectivity index (χ1) is 12.1. The normalized spacial score (nSPS) is 20.1. The van der Waals surface area contributed by atoms with Crippen molar-refractivity contribution in [2.45, 2.75) is 58.1 Å². The van der Waals surface area contributed by atoms with Crippen LogP contribution in [0, 0.1) is 13.8 Å². The first-order valence-corrected chi connectivity index (χ1v) is 10.2. The van der Waals surface area contributed by atoms with Gasteiger partial charge >= 0.3 is 0 Å². The van der Waals surface area contributed by atoms with E-state index in [0.717, 1.165) is 42.4 Å². The zero-order valence-electron chi connectivity index (χ0n) is 15.5. The van der Waals surface area contributed by atoms with Gasteiger partial charge in [0.2, 0.25) is 0 Å². The largest absolute Gasteiger partial charge is 0.376 e. The van der Waals surface area contributed by atoms with Gasteiger partial charge in [0.1, 0.15) is 16.5 Å². The number of hydrogen-bond donors (Lipinski definition) is 1. The van der Waals surface area contributed by atoms with Crippen LogP contribution in [0.4, 0.5) is 5.82 Å². The molecule has 0 aromatic carbocycles. The summed E-state index contributed by atoms with van der Waals surface area (Å²) >= 11 is 1.78. The topological polar surface area (TPSA) is 50.3 Å². The third-order valence-electron chi connectivity index (χ3n) is 5.91. The van der Waals surface area contributed by atoms with Crippen molar-refractivity contribution in [3.8, 4) is 0 Å². The molecule has 2 aromatic rings. The van der Waals surface area contributed by atoms with Crippen molar-refractivity contribution in [1.82, 2.24) is 14.9 Å². The van der Waals surface area contributed by atoms with Gasteiger partial charge in [-0.15, -0.1) is 11.3 Å². The molecular weight excluding hydrogens is 332 g/mol. The van der Waals surface area contributed by atoms with Gasteiger partial charge in [0.25, 0.3) is 0 Å². The average molecular weight is 361 g/mol. The molecule has 3 heterocycles. The molecule has 4 rings (SSSR count). The van der Waals surface area contributed by atoms with E-state index in [4.69, 9.17) is 14.7 Å². The van der Waals surface area contributed by atoms with E-state index in [9.17, 15) is 0 Å². The van der Waals surface area contributed by atoms with Crippen LogP contribution in [-0.4, -0.2) is 47.2 Å². The SMILES string of the molecule is COC1(CNc2nc(CN3CCCC3)nc3sc(C)c(C)c23)CCC1. The molecule has 0 unspecified atom stereocenters. The Morgan fingerprint density at radius 1 is 1.16 bits per heavy atom. The van der Waals surface area contributed by atoms with Gasteiger partial charge in [-0.25, -0.2) is 9.97 Å². The van der Waals surface area contributed by atoms with E-state index < -0.39 is 0 Å². The number of nitrogens with one attached hydrogen (secondary N) is 1. The summed E-state index contributed by atoms with van der Waals surface area (Å²) in [6, 6.07) is 0. The van der Waals surface area contributed by atoms with E-state index in [1.165, 1.54) is 48.2 Å². The van der Waals surface area contributed by atoms with E-state index in [0.29, 0.717) is 0 Å². The lowest BCUT2D eigenvalue weighted by Gasteiger charge is -2.40. The molecule has 5 nitrogen and oxygen atoms in total. The number of fused-ring (bicyclic) bond motifs is 1. The van der Waals surface area contributed by atoms with Gasteiger partial charge < -0.3 is 10.1 Å². The summed E-state index contributed by atoms with van der Waals surface area (Å²) in [5.74, 6) is 1.93. The van der Waals surface area contributed by atoms with Gasteiger partial charge in [-0.3, -0.25) is 4.90 Å². The maximum Gasteiger partial charge on any atom is 0.146 e. The number of anilines is 1. The van der Waals surface area contributed by atoms with Gasteiger partial charge in [-0.05, 0) is 64.6 Å². The highest BCUT2D eigenvalue weighted by molar-refractivity contribution is 7.18. The van der Waals surface area contributed by atoms with E-state index in [-0.39, 0.29) is 5.60 Å². The lowest BCUT2D eigenvalue weighted by atomic mass is 9.80. The monoisotopic (exact) mass is 360 g/mol. The second-order valence-corrected chi connectivity index (χ2v) is 8.73. The van der Waals surface area contributed by atoms with Gasteiger partial charge in [0.05, 0.1) is 17.5 Å². The highest BCUT2D eigenvalue weighted by Crippen LogP contribution is 2.37. The molecule has 0 spiro atoms. The molecule has 2 aliphatic rings. The predicted molar refractivity (Wildman–Crippen MR) is 103 cm³/mol. The number of aryl methyl sites for hydroxylation is 2. The minimum atomic E-state index is -0.00857. The molecule has 2 fully saturated rings. The fraction of sp³-hybridized carbons (Fsp3) is 0.684. The summed E-state index contributed by atoms with van der Waals surface area (Å²) < 4.78 is 5.77. The lowest BCUT2D eigenvalue weighted by Crippen LogP contribution is -2.45. The third-order valence-corrected chi connectivity index (χ3v) is 7.02. The van der Waals surface area contributed by atoms with Gasteiger partial charge in [0.15, 0.2) is 0 Å². The minimum absolute atomic E-state index is 0.00857.